The molecule has 7 nitrogen and oxygen atoms in total. The van der Waals surface area contributed by atoms with Gasteiger partial charge in [-0.2, -0.15) is 0 Å². The lowest BCUT2D eigenvalue weighted by molar-refractivity contribution is -0.125. The Balaban J connectivity index is 1.60. The van der Waals surface area contributed by atoms with Crippen molar-refractivity contribution >= 4 is 5.91 Å². The van der Waals surface area contributed by atoms with E-state index >= 15 is 0 Å². The summed E-state index contributed by atoms with van der Waals surface area (Å²) in [6.07, 6.45) is 11.8. The number of nitrogens with one attached hydrogen (secondary N) is 1. The van der Waals surface area contributed by atoms with Gasteiger partial charge in [0.05, 0.1) is 18.5 Å². The van der Waals surface area contributed by atoms with E-state index in [1.807, 2.05) is 0 Å². The van der Waals surface area contributed by atoms with Gasteiger partial charge in [0.1, 0.15) is 12.1 Å². The average Bonchev–Trinajstić information content (AvgIpc) is 3.38. The standard InChI is InChI=1S/C19H32N4O3/c20-15(11-23-9-8-21-12-23)19(26)22-16(10-13-4-2-1-3-5-13)18(25)17(24)14-6-7-14/h8-9,12-18,24-25H,1-7,10-11,20H2,(H,22,26)/t15?,16-,17-,18+/m0/s1. The quantitative estimate of drug-likeness (QED) is 0.518. The van der Waals surface area contributed by atoms with Crippen molar-refractivity contribution in [1.29, 1.82) is 0 Å². The molecule has 1 unspecified atom stereocenters. The van der Waals surface area contributed by atoms with Gasteiger partial charge >= 0.3 is 0 Å². The number of hydrogen-bond acceptors (Lipinski definition) is 5. The van der Waals surface area contributed by atoms with Gasteiger partial charge in [-0.3, -0.25) is 4.79 Å². The topological polar surface area (TPSA) is 113 Å². The van der Waals surface area contributed by atoms with Crippen molar-refractivity contribution < 1.29 is 15.0 Å². The van der Waals surface area contributed by atoms with Crippen molar-refractivity contribution in [3.05, 3.63) is 18.7 Å². The smallest absolute Gasteiger partial charge is 0.239 e. The van der Waals surface area contributed by atoms with E-state index in [2.05, 4.69) is 10.3 Å². The molecule has 2 aliphatic carbocycles. The number of nitrogens with zero attached hydrogens (tertiary/aromatic N) is 2. The Hall–Kier alpha value is -1.44. The Labute approximate surface area is 155 Å². The van der Waals surface area contributed by atoms with E-state index in [1.54, 1.807) is 23.3 Å². The zero-order valence-corrected chi connectivity index (χ0v) is 15.3. The Morgan fingerprint density at radius 1 is 1.23 bits per heavy atom. The number of rotatable bonds is 9. The van der Waals surface area contributed by atoms with E-state index in [-0.39, 0.29) is 11.8 Å². The SMILES string of the molecule is NC(Cn1ccnc1)C(=O)N[C@@H](CC1CCCCC1)[C@@H](O)[C@@H](O)C1CC1. The van der Waals surface area contributed by atoms with Gasteiger partial charge in [-0.15, -0.1) is 0 Å². The van der Waals surface area contributed by atoms with Crippen LogP contribution in [0.15, 0.2) is 18.7 Å². The second-order valence-electron chi connectivity index (χ2n) is 8.04. The van der Waals surface area contributed by atoms with Crippen LogP contribution in [0.5, 0.6) is 0 Å². The molecule has 2 fully saturated rings. The fourth-order valence-corrected chi connectivity index (χ4v) is 4.01. The van der Waals surface area contributed by atoms with Crippen LogP contribution >= 0.6 is 0 Å². The Bertz CT molecular complexity index is 555. The lowest BCUT2D eigenvalue weighted by atomic mass is 9.82. The first-order valence-corrected chi connectivity index (χ1v) is 9.92. The first kappa shape index (κ1) is 19.3. The molecule has 2 aliphatic rings. The zero-order chi connectivity index (χ0) is 18.5. The zero-order valence-electron chi connectivity index (χ0n) is 15.3. The average molecular weight is 364 g/mol. The summed E-state index contributed by atoms with van der Waals surface area (Å²) in [5.74, 6) is 0.358. The number of carbonyl (C=O) groups excluding carboxylic acids is 1. The molecule has 0 bridgehead atoms. The first-order chi connectivity index (χ1) is 12.5. The molecule has 7 heteroatoms. The molecule has 4 atom stereocenters. The lowest BCUT2D eigenvalue weighted by Crippen LogP contribution is -2.54. The van der Waals surface area contributed by atoms with Gasteiger partial charge in [0.15, 0.2) is 0 Å². The van der Waals surface area contributed by atoms with Crippen molar-refractivity contribution in [1.82, 2.24) is 14.9 Å². The van der Waals surface area contributed by atoms with Gasteiger partial charge in [0.2, 0.25) is 5.91 Å². The van der Waals surface area contributed by atoms with Crippen LogP contribution in [0.1, 0.15) is 51.4 Å². The Kier molecular flexibility index (Phi) is 6.67. The fraction of sp³-hybridized carbons (Fsp3) is 0.789. The second-order valence-corrected chi connectivity index (χ2v) is 8.04. The van der Waals surface area contributed by atoms with E-state index in [0.717, 1.165) is 25.7 Å². The summed E-state index contributed by atoms with van der Waals surface area (Å²) in [7, 11) is 0. The summed E-state index contributed by atoms with van der Waals surface area (Å²) < 4.78 is 1.76. The van der Waals surface area contributed by atoms with E-state index in [0.29, 0.717) is 18.9 Å². The molecule has 26 heavy (non-hydrogen) atoms. The molecule has 0 saturated heterocycles. The number of hydrogen-bond donors (Lipinski definition) is 4. The van der Waals surface area contributed by atoms with Crippen LogP contribution in [-0.2, 0) is 11.3 Å². The van der Waals surface area contributed by atoms with Crippen molar-refractivity contribution in [3.63, 3.8) is 0 Å². The largest absolute Gasteiger partial charge is 0.390 e. The minimum Gasteiger partial charge on any atom is -0.390 e. The molecule has 1 heterocycles. The molecule has 3 rings (SSSR count). The number of aromatic nitrogens is 2. The molecule has 0 aromatic carbocycles. The third-order valence-electron chi connectivity index (χ3n) is 5.81. The highest BCUT2D eigenvalue weighted by Crippen LogP contribution is 2.36. The van der Waals surface area contributed by atoms with Crippen LogP contribution in [0.4, 0.5) is 0 Å². The van der Waals surface area contributed by atoms with Gasteiger partial charge in [-0.05, 0) is 31.1 Å². The second kappa shape index (κ2) is 8.97. The minimum atomic E-state index is -0.936. The highest BCUT2D eigenvalue weighted by molar-refractivity contribution is 5.81. The molecular weight excluding hydrogens is 332 g/mol. The maximum atomic E-state index is 12.6. The van der Waals surface area contributed by atoms with Crippen LogP contribution in [-0.4, -0.2) is 50.0 Å². The van der Waals surface area contributed by atoms with E-state index in [4.69, 9.17) is 5.73 Å². The summed E-state index contributed by atoms with van der Waals surface area (Å²) in [4.78, 5) is 16.5. The molecule has 1 amide bonds. The Morgan fingerprint density at radius 3 is 2.58 bits per heavy atom. The molecule has 0 spiro atoms. The number of imidazole rings is 1. The molecule has 1 aromatic heterocycles. The van der Waals surface area contributed by atoms with Gasteiger partial charge in [0, 0.05) is 18.9 Å². The Morgan fingerprint density at radius 2 is 1.96 bits per heavy atom. The molecule has 0 radical (unpaired) electrons. The molecule has 2 saturated carbocycles. The monoisotopic (exact) mass is 364 g/mol. The third-order valence-corrected chi connectivity index (χ3v) is 5.81. The van der Waals surface area contributed by atoms with Gasteiger partial charge in [0.25, 0.3) is 0 Å². The molecule has 146 valence electrons. The molecule has 0 aliphatic heterocycles. The maximum Gasteiger partial charge on any atom is 0.239 e. The minimum absolute atomic E-state index is 0.162. The highest BCUT2D eigenvalue weighted by Gasteiger charge is 2.39. The number of nitrogens with two attached hydrogens (primary N) is 1. The molecule has 1 aromatic rings. The van der Waals surface area contributed by atoms with Crippen LogP contribution < -0.4 is 11.1 Å². The third kappa shape index (κ3) is 5.28. The van der Waals surface area contributed by atoms with Crippen molar-refractivity contribution in [2.24, 2.45) is 17.6 Å². The highest BCUT2D eigenvalue weighted by atomic mass is 16.3. The number of aliphatic hydroxyl groups excluding tert-OH is 2. The normalized spacial score (nSPS) is 23.2. The van der Waals surface area contributed by atoms with E-state index in [1.165, 1.54) is 19.3 Å². The van der Waals surface area contributed by atoms with E-state index < -0.39 is 24.3 Å². The van der Waals surface area contributed by atoms with Crippen LogP contribution in [0, 0.1) is 11.8 Å². The van der Waals surface area contributed by atoms with Crippen LogP contribution in [0.25, 0.3) is 0 Å². The predicted molar refractivity (Wildman–Crippen MR) is 98.1 cm³/mol. The summed E-state index contributed by atoms with van der Waals surface area (Å²) >= 11 is 0. The van der Waals surface area contributed by atoms with Crippen LogP contribution in [0.3, 0.4) is 0 Å². The fourth-order valence-electron chi connectivity index (χ4n) is 4.01. The number of amides is 1. The molecular formula is C19H32N4O3. The predicted octanol–water partition coefficient (Wildman–Crippen LogP) is 0.797. The molecule has 5 N–H and O–H groups in total. The van der Waals surface area contributed by atoms with Gasteiger partial charge < -0.3 is 25.8 Å². The van der Waals surface area contributed by atoms with Gasteiger partial charge in [-0.25, -0.2) is 4.98 Å². The van der Waals surface area contributed by atoms with Crippen molar-refractivity contribution in [2.75, 3.05) is 0 Å². The van der Waals surface area contributed by atoms with Gasteiger partial charge in [-0.1, -0.05) is 32.1 Å². The number of aliphatic hydroxyl groups is 2. The summed E-state index contributed by atoms with van der Waals surface area (Å²) in [6, 6.07) is -1.17. The first-order valence-electron chi connectivity index (χ1n) is 9.92. The summed E-state index contributed by atoms with van der Waals surface area (Å²) in [5.41, 5.74) is 6.03. The van der Waals surface area contributed by atoms with Crippen LogP contribution in [0.2, 0.25) is 0 Å². The van der Waals surface area contributed by atoms with Crippen molar-refractivity contribution in [2.45, 2.75) is 82.2 Å². The maximum absolute atomic E-state index is 12.6. The van der Waals surface area contributed by atoms with E-state index in [9.17, 15) is 15.0 Å². The lowest BCUT2D eigenvalue weighted by Gasteiger charge is -2.33. The summed E-state index contributed by atoms with van der Waals surface area (Å²) in [5, 5.41) is 24.0. The number of carbonyl (C=O) groups is 1. The summed E-state index contributed by atoms with van der Waals surface area (Å²) in [6.45, 7) is 0.337. The van der Waals surface area contributed by atoms with Crippen molar-refractivity contribution in [3.8, 4) is 0 Å².